The third-order valence-corrected chi connectivity index (χ3v) is 3.45. The maximum absolute atomic E-state index is 12.2. The maximum atomic E-state index is 12.2. The smallest absolute Gasteiger partial charge is 0.243 e. The quantitative estimate of drug-likeness (QED) is 0.802. The van der Waals surface area contributed by atoms with E-state index in [-0.39, 0.29) is 5.91 Å². The SMILES string of the molecule is CCCOc1ccc(NC(=O)CN(CC)c2ccccc2)cc1. The van der Waals surface area contributed by atoms with Crippen molar-refractivity contribution in [2.45, 2.75) is 20.3 Å². The summed E-state index contributed by atoms with van der Waals surface area (Å²) in [6, 6.07) is 17.4. The van der Waals surface area contributed by atoms with E-state index in [1.165, 1.54) is 0 Å². The highest BCUT2D eigenvalue weighted by Gasteiger charge is 2.10. The number of carbonyl (C=O) groups is 1. The summed E-state index contributed by atoms with van der Waals surface area (Å²) in [6.07, 6.45) is 0.977. The lowest BCUT2D eigenvalue weighted by molar-refractivity contribution is -0.115. The number of amides is 1. The highest BCUT2D eigenvalue weighted by atomic mass is 16.5. The molecule has 2 aromatic rings. The molecule has 0 saturated carbocycles. The summed E-state index contributed by atoms with van der Waals surface area (Å²) in [7, 11) is 0. The normalized spacial score (nSPS) is 10.2. The predicted octanol–water partition coefficient (Wildman–Crippen LogP) is 3.94. The summed E-state index contributed by atoms with van der Waals surface area (Å²) in [5.74, 6) is 0.794. The fraction of sp³-hybridized carbons (Fsp3) is 0.316. The first kappa shape index (κ1) is 16.9. The number of benzene rings is 2. The predicted molar refractivity (Wildman–Crippen MR) is 95.2 cm³/mol. The maximum Gasteiger partial charge on any atom is 0.243 e. The van der Waals surface area contributed by atoms with E-state index in [9.17, 15) is 4.79 Å². The van der Waals surface area contributed by atoms with Crippen LogP contribution >= 0.6 is 0 Å². The summed E-state index contributed by atoms with van der Waals surface area (Å²) in [6.45, 7) is 5.92. The number of nitrogens with zero attached hydrogens (tertiary/aromatic N) is 1. The van der Waals surface area contributed by atoms with Crippen LogP contribution in [0.2, 0.25) is 0 Å². The molecule has 2 aromatic carbocycles. The molecular formula is C19H24N2O2. The van der Waals surface area contributed by atoms with Crippen molar-refractivity contribution in [3.05, 3.63) is 54.6 Å². The molecule has 0 saturated heterocycles. The van der Waals surface area contributed by atoms with Gasteiger partial charge in [-0.05, 0) is 49.7 Å². The second-order valence-corrected chi connectivity index (χ2v) is 5.27. The molecule has 0 spiro atoms. The zero-order chi connectivity index (χ0) is 16.5. The van der Waals surface area contributed by atoms with E-state index in [0.717, 1.165) is 30.1 Å². The molecule has 1 N–H and O–H groups in total. The summed E-state index contributed by atoms with van der Waals surface area (Å²) in [5, 5.41) is 2.92. The third-order valence-electron chi connectivity index (χ3n) is 3.45. The molecule has 122 valence electrons. The van der Waals surface area contributed by atoms with Gasteiger partial charge in [0, 0.05) is 17.9 Å². The number of hydrogen-bond acceptors (Lipinski definition) is 3. The Morgan fingerprint density at radius 2 is 1.74 bits per heavy atom. The average Bonchev–Trinajstić information content (AvgIpc) is 2.60. The van der Waals surface area contributed by atoms with Crippen LogP contribution in [0.1, 0.15) is 20.3 Å². The van der Waals surface area contributed by atoms with Crippen molar-refractivity contribution in [3.8, 4) is 5.75 Å². The first-order valence-electron chi connectivity index (χ1n) is 8.05. The van der Waals surface area contributed by atoms with Crippen molar-refractivity contribution >= 4 is 17.3 Å². The van der Waals surface area contributed by atoms with Crippen molar-refractivity contribution in [2.75, 3.05) is 29.9 Å². The minimum atomic E-state index is -0.0297. The Balaban J connectivity index is 1.91. The molecule has 2 rings (SSSR count). The van der Waals surface area contributed by atoms with Gasteiger partial charge >= 0.3 is 0 Å². The number of ether oxygens (including phenoxy) is 1. The van der Waals surface area contributed by atoms with Crippen LogP contribution in [0, 0.1) is 0 Å². The molecule has 4 nitrogen and oxygen atoms in total. The fourth-order valence-corrected chi connectivity index (χ4v) is 2.25. The molecular weight excluding hydrogens is 288 g/mol. The Kier molecular flexibility index (Phi) is 6.48. The van der Waals surface area contributed by atoms with Crippen molar-refractivity contribution < 1.29 is 9.53 Å². The van der Waals surface area contributed by atoms with Gasteiger partial charge in [-0.25, -0.2) is 0 Å². The molecule has 0 unspecified atom stereocenters. The number of carbonyl (C=O) groups excluding carboxylic acids is 1. The summed E-state index contributed by atoms with van der Waals surface area (Å²) >= 11 is 0. The van der Waals surface area contributed by atoms with Gasteiger partial charge in [-0.2, -0.15) is 0 Å². The summed E-state index contributed by atoms with van der Waals surface area (Å²) < 4.78 is 5.53. The monoisotopic (exact) mass is 312 g/mol. The van der Waals surface area contributed by atoms with Gasteiger partial charge in [0.25, 0.3) is 0 Å². The van der Waals surface area contributed by atoms with Crippen LogP contribution in [-0.2, 0) is 4.79 Å². The van der Waals surface area contributed by atoms with Gasteiger partial charge in [0.1, 0.15) is 5.75 Å². The molecule has 0 aliphatic heterocycles. The van der Waals surface area contributed by atoms with Crippen LogP contribution in [0.4, 0.5) is 11.4 Å². The van der Waals surface area contributed by atoms with E-state index in [2.05, 4.69) is 12.2 Å². The van der Waals surface area contributed by atoms with Gasteiger partial charge in [0.15, 0.2) is 0 Å². The van der Waals surface area contributed by atoms with E-state index < -0.39 is 0 Å². The lowest BCUT2D eigenvalue weighted by Gasteiger charge is -2.22. The molecule has 23 heavy (non-hydrogen) atoms. The van der Waals surface area contributed by atoms with Gasteiger partial charge in [0.2, 0.25) is 5.91 Å². The standard InChI is InChI=1S/C19H24N2O2/c1-3-14-23-18-12-10-16(11-13-18)20-19(22)15-21(4-2)17-8-6-5-7-9-17/h5-13H,3-4,14-15H2,1-2H3,(H,20,22). The van der Waals surface area contributed by atoms with E-state index in [4.69, 9.17) is 4.74 Å². The molecule has 1 amide bonds. The Morgan fingerprint density at radius 1 is 1.04 bits per heavy atom. The van der Waals surface area contributed by atoms with Gasteiger partial charge in [-0.1, -0.05) is 25.1 Å². The topological polar surface area (TPSA) is 41.6 Å². The van der Waals surface area contributed by atoms with E-state index >= 15 is 0 Å². The van der Waals surface area contributed by atoms with Gasteiger partial charge in [-0.15, -0.1) is 0 Å². The number of anilines is 2. The minimum Gasteiger partial charge on any atom is -0.494 e. The second kappa shape index (κ2) is 8.83. The summed E-state index contributed by atoms with van der Waals surface area (Å²) in [5.41, 5.74) is 1.83. The van der Waals surface area contributed by atoms with E-state index in [1.54, 1.807) is 0 Å². The molecule has 0 aliphatic carbocycles. The minimum absolute atomic E-state index is 0.0297. The Morgan fingerprint density at radius 3 is 2.35 bits per heavy atom. The lowest BCUT2D eigenvalue weighted by Crippen LogP contribution is -2.33. The van der Waals surface area contributed by atoms with Crippen LogP contribution in [0.5, 0.6) is 5.75 Å². The zero-order valence-electron chi connectivity index (χ0n) is 13.8. The first-order valence-corrected chi connectivity index (χ1v) is 8.05. The number of hydrogen-bond donors (Lipinski definition) is 1. The molecule has 0 aliphatic rings. The van der Waals surface area contributed by atoms with E-state index in [0.29, 0.717) is 13.2 Å². The Labute approximate surface area is 138 Å². The molecule has 4 heteroatoms. The van der Waals surface area contributed by atoms with Crippen molar-refractivity contribution in [2.24, 2.45) is 0 Å². The Bertz CT molecular complexity index is 597. The fourth-order valence-electron chi connectivity index (χ4n) is 2.25. The molecule has 0 bridgehead atoms. The molecule has 0 heterocycles. The molecule has 0 atom stereocenters. The van der Waals surface area contributed by atoms with Crippen LogP contribution in [0.3, 0.4) is 0 Å². The first-order chi connectivity index (χ1) is 11.2. The van der Waals surface area contributed by atoms with Crippen molar-refractivity contribution in [3.63, 3.8) is 0 Å². The van der Waals surface area contributed by atoms with Crippen molar-refractivity contribution in [1.29, 1.82) is 0 Å². The molecule has 0 fully saturated rings. The third kappa shape index (κ3) is 5.33. The van der Waals surface area contributed by atoms with E-state index in [1.807, 2.05) is 66.4 Å². The summed E-state index contributed by atoms with van der Waals surface area (Å²) in [4.78, 5) is 14.3. The van der Waals surface area contributed by atoms with Crippen LogP contribution in [0.15, 0.2) is 54.6 Å². The van der Waals surface area contributed by atoms with Gasteiger partial charge < -0.3 is 15.0 Å². The van der Waals surface area contributed by atoms with Crippen LogP contribution in [0.25, 0.3) is 0 Å². The zero-order valence-corrected chi connectivity index (χ0v) is 13.8. The Hall–Kier alpha value is -2.49. The second-order valence-electron chi connectivity index (χ2n) is 5.27. The highest BCUT2D eigenvalue weighted by molar-refractivity contribution is 5.94. The number of rotatable bonds is 8. The lowest BCUT2D eigenvalue weighted by atomic mass is 10.2. The largest absolute Gasteiger partial charge is 0.494 e. The molecule has 0 radical (unpaired) electrons. The van der Waals surface area contributed by atoms with Gasteiger partial charge in [-0.3, -0.25) is 4.79 Å². The number of para-hydroxylation sites is 1. The van der Waals surface area contributed by atoms with Crippen molar-refractivity contribution in [1.82, 2.24) is 0 Å². The van der Waals surface area contributed by atoms with Crippen LogP contribution < -0.4 is 15.0 Å². The molecule has 0 aromatic heterocycles. The van der Waals surface area contributed by atoms with Crippen LogP contribution in [-0.4, -0.2) is 25.6 Å². The highest BCUT2D eigenvalue weighted by Crippen LogP contribution is 2.17. The number of likely N-dealkylation sites (N-methyl/N-ethyl adjacent to an activating group) is 1. The average molecular weight is 312 g/mol. The van der Waals surface area contributed by atoms with Gasteiger partial charge in [0.05, 0.1) is 13.2 Å². The number of nitrogens with one attached hydrogen (secondary N) is 1.